The van der Waals surface area contributed by atoms with Crippen LogP contribution in [-0.2, 0) is 4.79 Å². The lowest BCUT2D eigenvalue weighted by molar-refractivity contribution is -0.143. The normalized spacial score (nSPS) is 17.9. The van der Waals surface area contributed by atoms with Gasteiger partial charge in [-0.05, 0) is 31.4 Å². The molecule has 2 amide bonds. The molecule has 2 rings (SSSR count). The lowest BCUT2D eigenvalue weighted by Crippen LogP contribution is -2.44. The number of likely N-dealkylation sites (tertiary alicyclic amines) is 1. The van der Waals surface area contributed by atoms with E-state index in [9.17, 15) is 9.59 Å². The van der Waals surface area contributed by atoms with Gasteiger partial charge in [-0.2, -0.15) is 0 Å². The van der Waals surface area contributed by atoms with Crippen LogP contribution in [0, 0.1) is 5.92 Å². The number of nitrogens with zero attached hydrogens (tertiary/aromatic N) is 1. The quantitative estimate of drug-likeness (QED) is 0.876. The maximum Gasteiger partial charge on any atom is 0.321 e. The summed E-state index contributed by atoms with van der Waals surface area (Å²) in [6.07, 6.45) is 2.25. The van der Waals surface area contributed by atoms with Crippen LogP contribution >= 0.6 is 0 Å². The number of anilines is 1. The smallest absolute Gasteiger partial charge is 0.321 e. The summed E-state index contributed by atoms with van der Waals surface area (Å²) in [5, 5.41) is 11.9. The van der Waals surface area contributed by atoms with Crippen LogP contribution in [0.25, 0.3) is 0 Å². The Labute approximate surface area is 130 Å². The summed E-state index contributed by atoms with van der Waals surface area (Å²) in [7, 11) is 0. The van der Waals surface area contributed by atoms with Gasteiger partial charge >= 0.3 is 12.0 Å². The molecule has 0 aromatic heterocycles. The van der Waals surface area contributed by atoms with Crippen LogP contribution in [0.15, 0.2) is 24.3 Å². The van der Waals surface area contributed by atoms with E-state index in [4.69, 9.17) is 9.84 Å². The number of amides is 2. The number of carbonyl (C=O) groups is 2. The Balaban J connectivity index is 1.95. The molecular weight excluding hydrogens is 284 g/mol. The Bertz CT molecular complexity index is 533. The second-order valence-electron chi connectivity index (χ2n) is 5.43. The van der Waals surface area contributed by atoms with Gasteiger partial charge in [-0.3, -0.25) is 4.79 Å². The van der Waals surface area contributed by atoms with Crippen LogP contribution in [-0.4, -0.2) is 41.7 Å². The summed E-state index contributed by atoms with van der Waals surface area (Å²) in [5.41, 5.74) is 0.649. The zero-order valence-electron chi connectivity index (χ0n) is 12.7. The minimum absolute atomic E-state index is 0.257. The van der Waals surface area contributed by atoms with Crippen LogP contribution in [0.1, 0.15) is 26.2 Å². The Kier molecular flexibility index (Phi) is 5.63. The first-order chi connectivity index (χ1) is 10.6. The molecule has 6 nitrogen and oxygen atoms in total. The van der Waals surface area contributed by atoms with Crippen LogP contribution in [0.3, 0.4) is 0 Å². The van der Waals surface area contributed by atoms with Crippen molar-refractivity contribution >= 4 is 17.7 Å². The minimum Gasteiger partial charge on any atom is -0.494 e. The van der Waals surface area contributed by atoms with E-state index in [1.54, 1.807) is 17.0 Å². The van der Waals surface area contributed by atoms with E-state index in [1.807, 2.05) is 19.1 Å². The maximum atomic E-state index is 12.2. The molecule has 1 atom stereocenters. The van der Waals surface area contributed by atoms with Gasteiger partial charge in [0.15, 0.2) is 0 Å². The number of rotatable bonds is 5. The first kappa shape index (κ1) is 16.1. The molecule has 1 heterocycles. The number of hydrogen-bond acceptors (Lipinski definition) is 3. The van der Waals surface area contributed by atoms with Crippen molar-refractivity contribution < 1.29 is 19.4 Å². The van der Waals surface area contributed by atoms with E-state index in [-0.39, 0.29) is 12.6 Å². The van der Waals surface area contributed by atoms with Gasteiger partial charge < -0.3 is 20.1 Å². The lowest BCUT2D eigenvalue weighted by atomic mass is 9.99. The highest BCUT2D eigenvalue weighted by Crippen LogP contribution is 2.20. The predicted molar refractivity (Wildman–Crippen MR) is 83.2 cm³/mol. The minimum atomic E-state index is -0.840. The van der Waals surface area contributed by atoms with Crippen molar-refractivity contribution in [2.45, 2.75) is 26.2 Å². The molecule has 1 aliphatic rings. The molecular formula is C16H22N2O4. The number of hydrogen-bond donors (Lipinski definition) is 2. The molecule has 1 unspecified atom stereocenters. The fraction of sp³-hybridized carbons (Fsp3) is 0.500. The zero-order chi connectivity index (χ0) is 15.9. The highest BCUT2D eigenvalue weighted by Gasteiger charge is 2.28. The van der Waals surface area contributed by atoms with Gasteiger partial charge in [0.25, 0.3) is 0 Å². The monoisotopic (exact) mass is 306 g/mol. The first-order valence-electron chi connectivity index (χ1n) is 7.61. The maximum absolute atomic E-state index is 12.2. The molecule has 0 spiro atoms. The molecule has 120 valence electrons. The topological polar surface area (TPSA) is 78.9 Å². The van der Waals surface area contributed by atoms with E-state index in [0.29, 0.717) is 37.4 Å². The first-order valence-corrected chi connectivity index (χ1v) is 7.61. The molecule has 0 bridgehead atoms. The molecule has 6 heteroatoms. The number of aliphatic carboxylic acids is 1. The Morgan fingerprint density at radius 2 is 2.27 bits per heavy atom. The van der Waals surface area contributed by atoms with Crippen molar-refractivity contribution in [2.75, 3.05) is 25.0 Å². The molecule has 0 aliphatic carbocycles. The zero-order valence-corrected chi connectivity index (χ0v) is 12.7. The average Bonchev–Trinajstić information content (AvgIpc) is 2.53. The van der Waals surface area contributed by atoms with Crippen molar-refractivity contribution in [1.29, 1.82) is 0 Å². The fourth-order valence-electron chi connectivity index (χ4n) is 2.45. The highest BCUT2D eigenvalue weighted by atomic mass is 16.5. The number of ether oxygens (including phenoxy) is 1. The molecule has 0 radical (unpaired) electrons. The van der Waals surface area contributed by atoms with Crippen LogP contribution in [0.4, 0.5) is 10.5 Å². The van der Waals surface area contributed by atoms with Gasteiger partial charge in [0.1, 0.15) is 5.75 Å². The summed E-state index contributed by atoms with van der Waals surface area (Å²) in [6, 6.07) is 6.95. The van der Waals surface area contributed by atoms with Crippen molar-refractivity contribution in [2.24, 2.45) is 5.92 Å². The molecule has 1 aromatic carbocycles. The molecule has 1 aliphatic heterocycles. The summed E-state index contributed by atoms with van der Waals surface area (Å²) in [5.74, 6) is -0.604. The third-order valence-corrected chi connectivity index (χ3v) is 3.62. The molecule has 22 heavy (non-hydrogen) atoms. The van der Waals surface area contributed by atoms with E-state index in [0.717, 1.165) is 6.42 Å². The second kappa shape index (κ2) is 7.68. The average molecular weight is 306 g/mol. The van der Waals surface area contributed by atoms with Crippen LogP contribution in [0.5, 0.6) is 5.75 Å². The standard InChI is InChI=1S/C16H22N2O4/c1-2-9-22-14-7-3-6-13(10-14)17-16(21)18-8-4-5-12(11-18)15(19)20/h3,6-7,10,12H,2,4-5,8-9,11H2,1H3,(H,17,21)(H,19,20). The molecule has 1 aromatic rings. The van der Waals surface area contributed by atoms with Crippen molar-refractivity contribution in [3.05, 3.63) is 24.3 Å². The summed E-state index contributed by atoms with van der Waals surface area (Å²) in [6.45, 7) is 3.50. The fourth-order valence-corrected chi connectivity index (χ4v) is 2.45. The predicted octanol–water partition coefficient (Wildman–Crippen LogP) is 2.80. The molecule has 2 N–H and O–H groups in total. The van der Waals surface area contributed by atoms with E-state index in [2.05, 4.69) is 5.32 Å². The largest absolute Gasteiger partial charge is 0.494 e. The van der Waals surface area contributed by atoms with Crippen molar-refractivity contribution in [3.63, 3.8) is 0 Å². The Morgan fingerprint density at radius 3 is 3.00 bits per heavy atom. The van der Waals surface area contributed by atoms with Crippen molar-refractivity contribution in [1.82, 2.24) is 4.90 Å². The number of carbonyl (C=O) groups excluding carboxylic acids is 1. The number of carboxylic acid groups (broad SMARTS) is 1. The van der Waals surface area contributed by atoms with Crippen molar-refractivity contribution in [3.8, 4) is 5.75 Å². The van der Waals surface area contributed by atoms with E-state index >= 15 is 0 Å². The van der Waals surface area contributed by atoms with Gasteiger partial charge in [0, 0.05) is 24.8 Å². The van der Waals surface area contributed by atoms with Gasteiger partial charge in [-0.1, -0.05) is 13.0 Å². The highest BCUT2D eigenvalue weighted by molar-refractivity contribution is 5.90. The van der Waals surface area contributed by atoms with Gasteiger partial charge in [0.05, 0.1) is 12.5 Å². The number of carboxylic acids is 1. The SMILES string of the molecule is CCCOc1cccc(NC(=O)N2CCCC(C(=O)O)C2)c1. The Hall–Kier alpha value is -2.24. The van der Waals surface area contributed by atoms with Gasteiger partial charge in [-0.25, -0.2) is 4.79 Å². The number of benzene rings is 1. The number of urea groups is 1. The molecule has 1 saturated heterocycles. The number of piperidine rings is 1. The van der Waals surface area contributed by atoms with E-state index in [1.165, 1.54) is 0 Å². The third-order valence-electron chi connectivity index (χ3n) is 3.62. The van der Waals surface area contributed by atoms with Crippen LogP contribution < -0.4 is 10.1 Å². The molecule has 0 saturated carbocycles. The van der Waals surface area contributed by atoms with Gasteiger partial charge in [0.2, 0.25) is 0 Å². The summed E-state index contributed by atoms with van der Waals surface area (Å²) >= 11 is 0. The third kappa shape index (κ3) is 4.38. The van der Waals surface area contributed by atoms with E-state index < -0.39 is 11.9 Å². The summed E-state index contributed by atoms with van der Waals surface area (Å²) in [4.78, 5) is 24.9. The summed E-state index contributed by atoms with van der Waals surface area (Å²) < 4.78 is 5.53. The van der Waals surface area contributed by atoms with Gasteiger partial charge in [-0.15, -0.1) is 0 Å². The van der Waals surface area contributed by atoms with Crippen LogP contribution in [0.2, 0.25) is 0 Å². The molecule has 1 fully saturated rings. The second-order valence-corrected chi connectivity index (χ2v) is 5.43. The Morgan fingerprint density at radius 1 is 1.45 bits per heavy atom. The number of nitrogens with one attached hydrogen (secondary N) is 1. The lowest BCUT2D eigenvalue weighted by Gasteiger charge is -2.30.